The van der Waals surface area contributed by atoms with E-state index in [9.17, 15) is 13.2 Å². The maximum atomic E-state index is 13.3. The van der Waals surface area contributed by atoms with Crippen molar-refractivity contribution in [3.8, 4) is 11.5 Å². The second-order valence-corrected chi connectivity index (χ2v) is 10.5. The summed E-state index contributed by atoms with van der Waals surface area (Å²) in [5.74, 6) is 0.682. The molecule has 31 heavy (non-hydrogen) atoms. The Morgan fingerprint density at radius 1 is 1.26 bits per heavy atom. The van der Waals surface area contributed by atoms with Gasteiger partial charge >= 0.3 is 0 Å². The summed E-state index contributed by atoms with van der Waals surface area (Å²) in [7, 11) is 0.0857. The number of hydrogen-bond donors (Lipinski definition) is 1. The Bertz CT molecular complexity index is 1020. The molecule has 168 valence electrons. The van der Waals surface area contributed by atoms with Gasteiger partial charge in [0.15, 0.2) is 11.5 Å². The Labute approximate surface area is 186 Å². The second-order valence-electron chi connectivity index (χ2n) is 7.86. The van der Waals surface area contributed by atoms with E-state index >= 15 is 0 Å². The Morgan fingerprint density at radius 3 is 2.74 bits per heavy atom. The van der Waals surface area contributed by atoms with E-state index in [0.29, 0.717) is 50.6 Å². The van der Waals surface area contributed by atoms with Crippen molar-refractivity contribution < 1.29 is 22.7 Å². The van der Waals surface area contributed by atoms with Crippen molar-refractivity contribution in [2.45, 2.75) is 29.8 Å². The molecule has 2 aromatic rings. The van der Waals surface area contributed by atoms with Gasteiger partial charge in [-0.15, -0.1) is 0 Å². The lowest BCUT2D eigenvalue weighted by Gasteiger charge is -2.27. The molecule has 0 aliphatic carbocycles. The third kappa shape index (κ3) is 4.57. The van der Waals surface area contributed by atoms with E-state index in [1.165, 1.54) is 16.4 Å². The molecule has 2 atom stereocenters. The van der Waals surface area contributed by atoms with Crippen LogP contribution in [0.4, 0.5) is 0 Å². The number of ether oxygens (including phenoxy) is 2. The van der Waals surface area contributed by atoms with Crippen LogP contribution in [0, 0.1) is 0 Å². The van der Waals surface area contributed by atoms with E-state index in [4.69, 9.17) is 9.47 Å². The number of likely N-dealkylation sites (N-methyl/N-ethyl adjacent to an activating group) is 1. The lowest BCUT2D eigenvalue weighted by molar-refractivity contribution is -0.124. The zero-order valence-corrected chi connectivity index (χ0v) is 19.2. The van der Waals surface area contributed by atoms with E-state index in [2.05, 4.69) is 10.7 Å². The Balaban J connectivity index is 1.48. The van der Waals surface area contributed by atoms with Gasteiger partial charge in [0.25, 0.3) is 0 Å². The summed E-state index contributed by atoms with van der Waals surface area (Å²) in [4.78, 5) is 15.1. The minimum absolute atomic E-state index is 0.0273. The molecule has 1 fully saturated rings. The van der Waals surface area contributed by atoms with Gasteiger partial charge in [0.2, 0.25) is 15.9 Å². The SMILES string of the molecule is CN(C)C(CNC(=O)C1CCCN1S(=O)(=O)c1ccc2c(c1)OCCO2)c1ccsc1. The molecule has 1 amide bonds. The minimum atomic E-state index is -3.84. The van der Waals surface area contributed by atoms with Gasteiger partial charge in [0.05, 0.1) is 10.9 Å². The highest BCUT2D eigenvalue weighted by Crippen LogP contribution is 2.35. The van der Waals surface area contributed by atoms with Gasteiger partial charge in [0, 0.05) is 19.2 Å². The number of carbonyl (C=O) groups excluding carboxylic acids is 1. The molecule has 1 aromatic heterocycles. The van der Waals surface area contributed by atoms with Crippen LogP contribution in [0.3, 0.4) is 0 Å². The number of rotatable bonds is 7. The Kier molecular flexibility index (Phi) is 6.52. The van der Waals surface area contributed by atoms with E-state index in [-0.39, 0.29) is 16.8 Å². The molecule has 8 nitrogen and oxygen atoms in total. The molecular formula is C21H27N3O5S2. The monoisotopic (exact) mass is 465 g/mol. The predicted molar refractivity (Wildman–Crippen MR) is 118 cm³/mol. The van der Waals surface area contributed by atoms with E-state index in [0.717, 1.165) is 5.56 Å². The van der Waals surface area contributed by atoms with Gasteiger partial charge in [-0.3, -0.25) is 4.79 Å². The largest absolute Gasteiger partial charge is 0.486 e. The van der Waals surface area contributed by atoms with Crippen LogP contribution in [-0.2, 0) is 14.8 Å². The summed E-state index contributed by atoms with van der Waals surface area (Å²) in [5, 5.41) is 7.04. The van der Waals surface area contributed by atoms with Crippen molar-refractivity contribution in [1.82, 2.24) is 14.5 Å². The van der Waals surface area contributed by atoms with Crippen LogP contribution < -0.4 is 14.8 Å². The molecule has 1 saturated heterocycles. The molecule has 0 saturated carbocycles. The van der Waals surface area contributed by atoms with Gasteiger partial charge in [-0.05, 0) is 61.5 Å². The molecule has 4 rings (SSSR count). The molecular weight excluding hydrogens is 438 g/mol. The van der Waals surface area contributed by atoms with Gasteiger partial charge < -0.3 is 19.7 Å². The fraction of sp³-hybridized carbons (Fsp3) is 0.476. The summed E-state index contributed by atoms with van der Waals surface area (Å²) < 4.78 is 38.9. The van der Waals surface area contributed by atoms with Gasteiger partial charge in [0.1, 0.15) is 19.3 Å². The maximum absolute atomic E-state index is 13.3. The summed E-state index contributed by atoms with van der Waals surface area (Å²) in [6.45, 7) is 1.54. The van der Waals surface area contributed by atoms with Crippen LogP contribution in [0.2, 0.25) is 0 Å². The van der Waals surface area contributed by atoms with E-state index in [1.807, 2.05) is 30.4 Å². The molecule has 2 unspecified atom stereocenters. The van der Waals surface area contributed by atoms with E-state index in [1.54, 1.807) is 17.4 Å². The van der Waals surface area contributed by atoms with Crippen molar-refractivity contribution in [2.75, 3.05) is 40.4 Å². The lowest BCUT2D eigenvalue weighted by atomic mass is 10.1. The number of hydrogen-bond acceptors (Lipinski definition) is 7. The fourth-order valence-electron chi connectivity index (χ4n) is 3.99. The summed E-state index contributed by atoms with van der Waals surface area (Å²) in [5.41, 5.74) is 1.13. The average Bonchev–Trinajstić information content (AvgIpc) is 3.46. The third-order valence-electron chi connectivity index (χ3n) is 5.65. The van der Waals surface area contributed by atoms with Crippen molar-refractivity contribution in [1.29, 1.82) is 0 Å². The molecule has 10 heteroatoms. The first kappa shape index (κ1) is 22.1. The van der Waals surface area contributed by atoms with Crippen LogP contribution >= 0.6 is 11.3 Å². The van der Waals surface area contributed by atoms with Crippen LogP contribution in [0.1, 0.15) is 24.4 Å². The molecule has 1 N–H and O–H groups in total. The first-order valence-corrected chi connectivity index (χ1v) is 12.6. The maximum Gasteiger partial charge on any atom is 0.243 e. The Morgan fingerprint density at radius 2 is 2.03 bits per heavy atom. The van der Waals surface area contributed by atoms with Crippen molar-refractivity contribution in [3.63, 3.8) is 0 Å². The first-order chi connectivity index (χ1) is 14.9. The highest BCUT2D eigenvalue weighted by atomic mass is 32.2. The first-order valence-electron chi connectivity index (χ1n) is 10.3. The normalized spacial score (nSPS) is 20.0. The minimum Gasteiger partial charge on any atom is -0.486 e. The van der Waals surface area contributed by atoms with Gasteiger partial charge in [-0.2, -0.15) is 15.6 Å². The molecule has 2 aliphatic heterocycles. The van der Waals surface area contributed by atoms with Crippen molar-refractivity contribution >= 4 is 27.3 Å². The smallest absolute Gasteiger partial charge is 0.243 e. The molecule has 0 spiro atoms. The zero-order chi connectivity index (χ0) is 22.0. The molecule has 0 bridgehead atoms. The topological polar surface area (TPSA) is 88.2 Å². The number of fused-ring (bicyclic) bond motifs is 1. The van der Waals surface area contributed by atoms with E-state index < -0.39 is 16.1 Å². The highest BCUT2D eigenvalue weighted by Gasteiger charge is 2.40. The fourth-order valence-corrected chi connectivity index (χ4v) is 6.37. The van der Waals surface area contributed by atoms with Crippen LogP contribution in [-0.4, -0.2) is 70.0 Å². The second kappa shape index (κ2) is 9.15. The van der Waals surface area contributed by atoms with Crippen molar-refractivity contribution in [3.05, 3.63) is 40.6 Å². The molecule has 3 heterocycles. The lowest BCUT2D eigenvalue weighted by Crippen LogP contribution is -2.47. The number of nitrogens with one attached hydrogen (secondary N) is 1. The standard InChI is InChI=1S/C21H27N3O5S2/c1-23(2)18(15-7-11-30-14-15)13-22-21(25)17-4-3-8-24(17)31(26,27)16-5-6-19-20(12-16)29-10-9-28-19/h5-7,11-12,14,17-18H,3-4,8-10,13H2,1-2H3,(H,22,25). The average molecular weight is 466 g/mol. The number of carbonyl (C=O) groups is 1. The number of nitrogens with zero attached hydrogens (tertiary/aromatic N) is 2. The Hall–Kier alpha value is -2.14. The number of sulfonamides is 1. The van der Waals surface area contributed by atoms with Crippen LogP contribution in [0.5, 0.6) is 11.5 Å². The van der Waals surface area contributed by atoms with Crippen molar-refractivity contribution in [2.24, 2.45) is 0 Å². The van der Waals surface area contributed by atoms with Gasteiger partial charge in [-0.1, -0.05) is 0 Å². The molecule has 0 radical (unpaired) electrons. The van der Waals surface area contributed by atoms with Crippen LogP contribution in [0.25, 0.3) is 0 Å². The summed E-state index contributed by atoms with van der Waals surface area (Å²) in [6, 6.07) is 5.94. The number of benzene rings is 1. The molecule has 1 aromatic carbocycles. The zero-order valence-electron chi connectivity index (χ0n) is 17.6. The number of amides is 1. The summed E-state index contributed by atoms with van der Waals surface area (Å²) >= 11 is 1.61. The van der Waals surface area contributed by atoms with Gasteiger partial charge in [-0.25, -0.2) is 8.42 Å². The molecule has 2 aliphatic rings. The highest BCUT2D eigenvalue weighted by molar-refractivity contribution is 7.89. The van der Waals surface area contributed by atoms with Crippen LogP contribution in [0.15, 0.2) is 39.9 Å². The number of thiophene rings is 1. The third-order valence-corrected chi connectivity index (χ3v) is 8.25. The summed E-state index contributed by atoms with van der Waals surface area (Å²) in [6.07, 6.45) is 1.14. The quantitative estimate of drug-likeness (QED) is 0.674. The predicted octanol–water partition coefficient (Wildman–Crippen LogP) is 2.09.